The topological polar surface area (TPSA) is 57.6 Å². The Labute approximate surface area is 91.3 Å². The highest BCUT2D eigenvalue weighted by Crippen LogP contribution is 2.24. The minimum Gasteiger partial charge on any atom is -0.480 e. The quantitative estimate of drug-likeness (QED) is 0.711. The van der Waals surface area contributed by atoms with E-state index >= 15 is 0 Å². The molecule has 0 saturated carbocycles. The minimum absolute atomic E-state index is 0.0917. The Morgan fingerprint density at radius 2 is 1.87 bits per heavy atom. The first-order valence-corrected chi connectivity index (χ1v) is 5.14. The Morgan fingerprint density at radius 1 is 1.40 bits per heavy atom. The highest BCUT2D eigenvalue weighted by Gasteiger charge is 2.30. The largest absolute Gasteiger partial charge is 0.480 e. The van der Waals surface area contributed by atoms with Crippen LogP contribution in [0.1, 0.15) is 41.0 Å². The monoisotopic (exact) mass is 215 g/mol. The molecule has 0 aliphatic rings. The zero-order valence-electron chi connectivity index (χ0n) is 10.2. The standard InChI is InChI=1S/C11H21NO3/c1-8(2)12(7-13)9(10(14)15)6-11(3,4)5/h7-9H,6H2,1-5H3,(H,14,15). The average Bonchev–Trinajstić information content (AvgIpc) is 2.00. The van der Waals surface area contributed by atoms with E-state index in [0.29, 0.717) is 12.8 Å². The van der Waals surface area contributed by atoms with Gasteiger partial charge in [0.15, 0.2) is 0 Å². The van der Waals surface area contributed by atoms with E-state index < -0.39 is 12.0 Å². The molecule has 0 aliphatic carbocycles. The molecule has 0 aromatic carbocycles. The van der Waals surface area contributed by atoms with Gasteiger partial charge in [-0.3, -0.25) is 4.79 Å². The summed E-state index contributed by atoms with van der Waals surface area (Å²) in [7, 11) is 0. The van der Waals surface area contributed by atoms with E-state index in [2.05, 4.69) is 0 Å². The molecule has 1 amide bonds. The fourth-order valence-corrected chi connectivity index (χ4v) is 1.46. The highest BCUT2D eigenvalue weighted by molar-refractivity contribution is 5.76. The van der Waals surface area contributed by atoms with Crippen molar-refractivity contribution in [2.75, 3.05) is 0 Å². The summed E-state index contributed by atoms with van der Waals surface area (Å²) in [6.07, 6.45) is 1.08. The molecule has 0 aromatic rings. The maximum atomic E-state index is 11.1. The van der Waals surface area contributed by atoms with Crippen molar-refractivity contribution in [2.45, 2.75) is 53.1 Å². The van der Waals surface area contributed by atoms with E-state index in [1.165, 1.54) is 4.90 Å². The third-order valence-electron chi connectivity index (χ3n) is 2.17. The third-order valence-corrected chi connectivity index (χ3v) is 2.17. The molecule has 0 rings (SSSR count). The molecule has 0 fully saturated rings. The number of carbonyl (C=O) groups excluding carboxylic acids is 1. The molecule has 1 unspecified atom stereocenters. The Bertz CT molecular complexity index is 230. The van der Waals surface area contributed by atoms with E-state index in [9.17, 15) is 9.59 Å². The Hall–Kier alpha value is -1.06. The Kier molecular flexibility index (Phi) is 4.78. The van der Waals surface area contributed by atoms with E-state index in [1.807, 2.05) is 34.6 Å². The van der Waals surface area contributed by atoms with E-state index in [1.54, 1.807) is 0 Å². The number of carboxylic acids is 1. The van der Waals surface area contributed by atoms with Gasteiger partial charge in [-0.25, -0.2) is 4.79 Å². The number of aliphatic carboxylic acids is 1. The summed E-state index contributed by atoms with van der Waals surface area (Å²) in [5, 5.41) is 9.09. The van der Waals surface area contributed by atoms with Crippen LogP contribution >= 0.6 is 0 Å². The zero-order valence-corrected chi connectivity index (χ0v) is 10.2. The predicted molar refractivity (Wildman–Crippen MR) is 58.5 cm³/mol. The average molecular weight is 215 g/mol. The minimum atomic E-state index is -0.939. The lowest BCUT2D eigenvalue weighted by Gasteiger charge is -2.32. The van der Waals surface area contributed by atoms with Crippen LogP contribution in [0.5, 0.6) is 0 Å². The Balaban J connectivity index is 4.79. The second-order valence-electron chi connectivity index (χ2n) is 5.27. The summed E-state index contributed by atoms with van der Waals surface area (Å²) >= 11 is 0. The molecule has 0 radical (unpaired) electrons. The van der Waals surface area contributed by atoms with E-state index in [0.717, 1.165) is 0 Å². The van der Waals surface area contributed by atoms with Crippen LogP contribution in [0.25, 0.3) is 0 Å². The first-order valence-electron chi connectivity index (χ1n) is 5.14. The maximum absolute atomic E-state index is 11.1. The molecule has 15 heavy (non-hydrogen) atoms. The molecule has 88 valence electrons. The number of carboxylic acid groups (broad SMARTS) is 1. The first-order chi connectivity index (χ1) is 6.69. The van der Waals surface area contributed by atoms with Gasteiger partial charge in [0.2, 0.25) is 6.41 Å². The van der Waals surface area contributed by atoms with Crippen LogP contribution in [0, 0.1) is 5.41 Å². The van der Waals surface area contributed by atoms with Crippen molar-refractivity contribution >= 4 is 12.4 Å². The molecule has 0 aliphatic heterocycles. The molecule has 4 heteroatoms. The molecule has 0 bridgehead atoms. The smallest absolute Gasteiger partial charge is 0.326 e. The van der Waals surface area contributed by atoms with Crippen LogP contribution in [-0.2, 0) is 9.59 Å². The normalized spacial score (nSPS) is 13.7. The summed E-state index contributed by atoms with van der Waals surface area (Å²) in [4.78, 5) is 23.3. The number of carbonyl (C=O) groups is 2. The molecule has 4 nitrogen and oxygen atoms in total. The molecule has 0 saturated heterocycles. The SMILES string of the molecule is CC(C)N(C=O)C(CC(C)(C)C)C(=O)O. The molecular weight excluding hydrogens is 194 g/mol. The van der Waals surface area contributed by atoms with Gasteiger partial charge in [0, 0.05) is 6.04 Å². The second-order valence-corrected chi connectivity index (χ2v) is 5.27. The van der Waals surface area contributed by atoms with E-state index in [-0.39, 0.29) is 11.5 Å². The molecule has 1 atom stereocenters. The van der Waals surface area contributed by atoms with Gasteiger partial charge >= 0.3 is 5.97 Å². The van der Waals surface area contributed by atoms with E-state index in [4.69, 9.17) is 5.11 Å². The highest BCUT2D eigenvalue weighted by atomic mass is 16.4. The van der Waals surface area contributed by atoms with Crippen molar-refractivity contribution < 1.29 is 14.7 Å². The van der Waals surface area contributed by atoms with Crippen LogP contribution in [0.3, 0.4) is 0 Å². The first kappa shape index (κ1) is 13.9. The van der Waals surface area contributed by atoms with Gasteiger partial charge in [-0.15, -0.1) is 0 Å². The molecule has 0 aromatic heterocycles. The van der Waals surface area contributed by atoms with Gasteiger partial charge in [-0.05, 0) is 25.7 Å². The lowest BCUT2D eigenvalue weighted by molar-refractivity contribution is -0.148. The predicted octanol–water partition coefficient (Wildman–Crippen LogP) is 1.74. The van der Waals surface area contributed by atoms with Crippen molar-refractivity contribution in [1.82, 2.24) is 4.90 Å². The number of amides is 1. The van der Waals surface area contributed by atoms with Gasteiger partial charge in [0.25, 0.3) is 0 Å². The van der Waals surface area contributed by atoms with Crippen LogP contribution in [0.2, 0.25) is 0 Å². The van der Waals surface area contributed by atoms with Crippen LogP contribution < -0.4 is 0 Å². The summed E-state index contributed by atoms with van der Waals surface area (Å²) in [5.74, 6) is -0.939. The molecule has 0 heterocycles. The van der Waals surface area contributed by atoms with Gasteiger partial charge in [0.05, 0.1) is 0 Å². The second kappa shape index (κ2) is 5.14. The van der Waals surface area contributed by atoms with Gasteiger partial charge in [-0.2, -0.15) is 0 Å². The van der Waals surface area contributed by atoms with Crippen molar-refractivity contribution in [1.29, 1.82) is 0 Å². The van der Waals surface area contributed by atoms with Crippen molar-refractivity contribution in [3.05, 3.63) is 0 Å². The van der Waals surface area contributed by atoms with Crippen LogP contribution in [0.4, 0.5) is 0 Å². The molecule has 0 spiro atoms. The van der Waals surface area contributed by atoms with Gasteiger partial charge < -0.3 is 10.0 Å². The Morgan fingerprint density at radius 3 is 2.07 bits per heavy atom. The molecular formula is C11H21NO3. The van der Waals surface area contributed by atoms with Crippen molar-refractivity contribution in [3.8, 4) is 0 Å². The number of nitrogens with zero attached hydrogens (tertiary/aromatic N) is 1. The summed E-state index contributed by atoms with van der Waals surface area (Å²) in [6.45, 7) is 9.52. The fourth-order valence-electron chi connectivity index (χ4n) is 1.46. The van der Waals surface area contributed by atoms with Crippen molar-refractivity contribution in [3.63, 3.8) is 0 Å². The lowest BCUT2D eigenvalue weighted by atomic mass is 9.87. The van der Waals surface area contributed by atoms with Gasteiger partial charge in [0.1, 0.15) is 6.04 Å². The lowest BCUT2D eigenvalue weighted by Crippen LogP contribution is -2.46. The molecule has 1 N–H and O–H groups in total. The fraction of sp³-hybridized carbons (Fsp3) is 0.818. The summed E-state index contributed by atoms with van der Waals surface area (Å²) < 4.78 is 0. The summed E-state index contributed by atoms with van der Waals surface area (Å²) in [6, 6.07) is -0.826. The summed E-state index contributed by atoms with van der Waals surface area (Å²) in [5.41, 5.74) is -0.112. The van der Waals surface area contributed by atoms with Crippen molar-refractivity contribution in [2.24, 2.45) is 5.41 Å². The number of hydrogen-bond donors (Lipinski definition) is 1. The van der Waals surface area contributed by atoms with Crippen LogP contribution in [-0.4, -0.2) is 34.5 Å². The maximum Gasteiger partial charge on any atom is 0.326 e. The number of hydrogen-bond acceptors (Lipinski definition) is 2. The van der Waals surface area contributed by atoms with Crippen LogP contribution in [0.15, 0.2) is 0 Å². The number of rotatable bonds is 5. The third kappa shape index (κ3) is 4.81. The van der Waals surface area contributed by atoms with Gasteiger partial charge in [-0.1, -0.05) is 20.8 Å². The zero-order chi connectivity index (χ0) is 12.2.